The molecule has 1 aliphatic carbocycles. The van der Waals surface area contributed by atoms with Crippen LogP contribution in [0.25, 0.3) is 5.57 Å². The highest BCUT2D eigenvalue weighted by Crippen LogP contribution is 2.49. The van der Waals surface area contributed by atoms with Gasteiger partial charge in [-0.15, -0.1) is 0 Å². The zero-order valence-electron chi connectivity index (χ0n) is 21.1. The fraction of sp³-hybridized carbons (Fsp3) is 0.536. The van der Waals surface area contributed by atoms with Crippen molar-refractivity contribution >= 4 is 23.3 Å². The van der Waals surface area contributed by atoms with Crippen LogP contribution in [-0.4, -0.2) is 56.0 Å². The molecule has 7 heteroatoms. The maximum absolute atomic E-state index is 12.6. The SMILES string of the molecule is CC[C@@H]1CN2CCC3=C(Cc4cccc(OC(=O)CCC(C)=O)c43)[C@@H]2C[C@@H]1/C(=C\OC)C(=O)OC. The van der Waals surface area contributed by atoms with Crippen LogP contribution in [0.1, 0.15) is 57.1 Å². The summed E-state index contributed by atoms with van der Waals surface area (Å²) in [6.45, 7) is 5.50. The topological polar surface area (TPSA) is 82.1 Å². The molecule has 2 heterocycles. The van der Waals surface area contributed by atoms with Crippen LogP contribution in [0, 0.1) is 11.8 Å². The number of hydrogen-bond donors (Lipinski definition) is 0. The third kappa shape index (κ3) is 5.06. The van der Waals surface area contributed by atoms with Gasteiger partial charge in [0.05, 0.1) is 32.5 Å². The summed E-state index contributed by atoms with van der Waals surface area (Å²) in [4.78, 5) is 38.8. The number of ketones is 1. The van der Waals surface area contributed by atoms with Crippen molar-refractivity contribution < 1.29 is 28.6 Å². The maximum Gasteiger partial charge on any atom is 0.337 e. The molecule has 0 amide bonds. The van der Waals surface area contributed by atoms with Gasteiger partial charge in [0.25, 0.3) is 0 Å². The second kappa shape index (κ2) is 10.8. The van der Waals surface area contributed by atoms with Crippen LogP contribution in [0.3, 0.4) is 0 Å². The lowest BCUT2D eigenvalue weighted by molar-refractivity contribution is -0.137. The number of esters is 2. The van der Waals surface area contributed by atoms with E-state index in [1.54, 1.807) is 13.4 Å². The first-order valence-corrected chi connectivity index (χ1v) is 12.5. The summed E-state index contributed by atoms with van der Waals surface area (Å²) in [7, 11) is 2.98. The summed E-state index contributed by atoms with van der Waals surface area (Å²) in [5.74, 6) is 0.245. The van der Waals surface area contributed by atoms with Gasteiger partial charge in [-0.25, -0.2) is 4.79 Å². The molecule has 35 heavy (non-hydrogen) atoms. The van der Waals surface area contributed by atoms with Crippen molar-refractivity contribution in [3.05, 3.63) is 46.7 Å². The molecule has 0 aromatic heterocycles. The standard InChI is InChI=1S/C28H35NO6/c1-5-18-15-29-12-11-20-22(24(29)14-21(18)23(16-33-3)28(32)34-4)13-19-7-6-8-25(27(19)20)35-26(31)10-9-17(2)30/h6-8,16,18,21,24H,5,9-15H2,1-4H3/b23-16+/t18-,21+,24+/m1/s1. The molecule has 0 radical (unpaired) electrons. The molecule has 0 unspecified atom stereocenters. The van der Waals surface area contributed by atoms with E-state index in [2.05, 4.69) is 17.9 Å². The Balaban J connectivity index is 1.63. The first kappa shape index (κ1) is 25.2. The summed E-state index contributed by atoms with van der Waals surface area (Å²) in [5.41, 5.74) is 5.43. The molecule has 7 nitrogen and oxygen atoms in total. The molecule has 1 aromatic rings. The molecular weight excluding hydrogens is 446 g/mol. The first-order valence-electron chi connectivity index (χ1n) is 12.5. The summed E-state index contributed by atoms with van der Waals surface area (Å²) < 4.78 is 16.1. The molecule has 1 aromatic carbocycles. The summed E-state index contributed by atoms with van der Waals surface area (Å²) >= 11 is 0. The summed E-state index contributed by atoms with van der Waals surface area (Å²) in [6, 6.07) is 6.09. The average Bonchev–Trinajstić information content (AvgIpc) is 3.25. The molecule has 0 bridgehead atoms. The van der Waals surface area contributed by atoms with Crippen LogP contribution in [0.15, 0.2) is 35.6 Å². The normalized spacial score (nSPS) is 23.8. The highest BCUT2D eigenvalue weighted by Gasteiger charge is 2.44. The quantitative estimate of drug-likeness (QED) is 0.239. The largest absolute Gasteiger partial charge is 0.504 e. The Bertz CT molecular complexity index is 1070. The molecule has 4 rings (SSSR count). The fourth-order valence-corrected chi connectivity index (χ4v) is 6.01. The Morgan fingerprint density at radius 3 is 2.66 bits per heavy atom. The number of carbonyl (C=O) groups excluding carboxylic acids is 3. The monoisotopic (exact) mass is 481 g/mol. The van der Waals surface area contributed by atoms with E-state index < -0.39 is 0 Å². The Hall–Kier alpha value is -2.93. The average molecular weight is 482 g/mol. The van der Waals surface area contributed by atoms with E-state index in [-0.39, 0.29) is 42.5 Å². The van der Waals surface area contributed by atoms with Crippen LogP contribution < -0.4 is 4.74 Å². The van der Waals surface area contributed by atoms with E-state index in [9.17, 15) is 14.4 Å². The van der Waals surface area contributed by atoms with E-state index in [1.807, 2.05) is 12.1 Å². The van der Waals surface area contributed by atoms with Crippen molar-refractivity contribution in [2.45, 2.75) is 58.4 Å². The Labute approximate surface area is 207 Å². The van der Waals surface area contributed by atoms with Gasteiger partial charge in [0.15, 0.2) is 0 Å². The number of methoxy groups -OCH3 is 2. The van der Waals surface area contributed by atoms with Crippen molar-refractivity contribution in [2.75, 3.05) is 27.3 Å². The van der Waals surface area contributed by atoms with Crippen LogP contribution in [0.5, 0.6) is 5.75 Å². The van der Waals surface area contributed by atoms with Crippen molar-refractivity contribution in [2.24, 2.45) is 11.8 Å². The fourth-order valence-electron chi connectivity index (χ4n) is 6.01. The molecule has 1 saturated heterocycles. The van der Waals surface area contributed by atoms with Gasteiger partial charge in [-0.1, -0.05) is 25.5 Å². The van der Waals surface area contributed by atoms with Gasteiger partial charge in [0.2, 0.25) is 0 Å². The van der Waals surface area contributed by atoms with Gasteiger partial charge in [0.1, 0.15) is 11.5 Å². The van der Waals surface area contributed by atoms with Crippen LogP contribution in [0.4, 0.5) is 0 Å². The van der Waals surface area contributed by atoms with Crippen molar-refractivity contribution in [1.82, 2.24) is 4.90 Å². The number of rotatable bonds is 8. The zero-order chi connectivity index (χ0) is 25.1. The number of piperidine rings is 1. The van der Waals surface area contributed by atoms with Crippen molar-refractivity contribution in [3.63, 3.8) is 0 Å². The molecule has 0 saturated carbocycles. The number of Topliss-reactive ketones (excluding diaryl/α,β-unsaturated/α-hetero) is 1. The van der Waals surface area contributed by atoms with E-state index in [4.69, 9.17) is 14.2 Å². The maximum atomic E-state index is 12.6. The molecule has 3 aliphatic rings. The highest BCUT2D eigenvalue weighted by atomic mass is 16.5. The Morgan fingerprint density at radius 2 is 1.97 bits per heavy atom. The number of ether oxygens (including phenoxy) is 3. The van der Waals surface area contributed by atoms with Gasteiger partial charge in [-0.2, -0.15) is 0 Å². The number of hydrogen-bond acceptors (Lipinski definition) is 7. The third-order valence-electron chi connectivity index (χ3n) is 7.68. The van der Waals surface area contributed by atoms with E-state index in [1.165, 1.54) is 30.7 Å². The Kier molecular flexibility index (Phi) is 7.75. The predicted octanol–water partition coefficient (Wildman–Crippen LogP) is 4.09. The van der Waals surface area contributed by atoms with E-state index in [0.717, 1.165) is 44.3 Å². The second-order valence-corrected chi connectivity index (χ2v) is 9.72. The molecule has 1 fully saturated rings. The van der Waals surface area contributed by atoms with Gasteiger partial charge in [0, 0.05) is 31.1 Å². The Morgan fingerprint density at radius 1 is 1.17 bits per heavy atom. The van der Waals surface area contributed by atoms with Crippen molar-refractivity contribution in [3.8, 4) is 5.75 Å². The van der Waals surface area contributed by atoms with Gasteiger partial charge in [-0.3, -0.25) is 9.69 Å². The molecular formula is C28H35NO6. The zero-order valence-corrected chi connectivity index (χ0v) is 21.1. The molecule has 188 valence electrons. The van der Waals surface area contributed by atoms with E-state index in [0.29, 0.717) is 17.2 Å². The minimum absolute atomic E-state index is 0.0244. The summed E-state index contributed by atoms with van der Waals surface area (Å²) in [6.07, 6.45) is 5.34. The van der Waals surface area contributed by atoms with Gasteiger partial charge in [-0.05, 0) is 60.8 Å². The second-order valence-electron chi connectivity index (χ2n) is 9.72. The number of carbonyl (C=O) groups is 3. The molecule has 2 aliphatic heterocycles. The van der Waals surface area contributed by atoms with Crippen molar-refractivity contribution in [1.29, 1.82) is 0 Å². The third-order valence-corrected chi connectivity index (χ3v) is 7.68. The molecule has 3 atom stereocenters. The lowest BCUT2D eigenvalue weighted by atomic mass is 9.73. The lowest BCUT2D eigenvalue weighted by Crippen LogP contribution is -2.51. The number of fused-ring (bicyclic) bond motifs is 4. The number of benzene rings is 1. The first-order chi connectivity index (χ1) is 16.9. The van der Waals surface area contributed by atoms with Gasteiger partial charge >= 0.3 is 11.9 Å². The predicted molar refractivity (Wildman–Crippen MR) is 132 cm³/mol. The van der Waals surface area contributed by atoms with Crippen LogP contribution >= 0.6 is 0 Å². The molecule has 0 spiro atoms. The van der Waals surface area contributed by atoms with E-state index >= 15 is 0 Å². The summed E-state index contributed by atoms with van der Waals surface area (Å²) in [5, 5.41) is 0. The van der Waals surface area contributed by atoms with Crippen LogP contribution in [0.2, 0.25) is 0 Å². The minimum Gasteiger partial charge on any atom is -0.504 e. The smallest absolute Gasteiger partial charge is 0.337 e. The minimum atomic E-state index is -0.379. The lowest BCUT2D eigenvalue weighted by Gasteiger charge is -2.47. The van der Waals surface area contributed by atoms with Gasteiger partial charge < -0.3 is 19.0 Å². The highest BCUT2D eigenvalue weighted by molar-refractivity contribution is 5.89. The molecule has 0 N–H and O–H groups in total. The number of nitrogens with zero attached hydrogens (tertiary/aromatic N) is 1. The van der Waals surface area contributed by atoms with Crippen LogP contribution in [-0.2, 0) is 30.3 Å².